The van der Waals surface area contributed by atoms with Gasteiger partial charge in [0.25, 0.3) is 0 Å². The normalized spacial score (nSPS) is 10.5. The van der Waals surface area contributed by atoms with Crippen molar-refractivity contribution in [2.45, 2.75) is 34.1 Å². The van der Waals surface area contributed by atoms with Crippen LogP contribution in [0.4, 0.5) is 10.2 Å². The van der Waals surface area contributed by atoms with E-state index in [4.69, 9.17) is 4.74 Å². The lowest BCUT2D eigenvalue weighted by atomic mass is 10.2. The van der Waals surface area contributed by atoms with Crippen LogP contribution in [0, 0.1) is 26.6 Å². The second-order valence-electron chi connectivity index (χ2n) is 4.99. The van der Waals surface area contributed by atoms with Crippen LogP contribution in [0.5, 0.6) is 11.6 Å². The lowest BCUT2D eigenvalue weighted by Crippen LogP contribution is -2.07. The Bertz CT molecular complexity index is 644. The maximum absolute atomic E-state index is 13.6. The first-order valence-electron chi connectivity index (χ1n) is 7.04. The summed E-state index contributed by atoms with van der Waals surface area (Å²) >= 11 is 0. The number of halogens is 1. The number of ether oxygens (including phenoxy) is 1. The number of aryl methyl sites for hydroxylation is 2. The highest BCUT2D eigenvalue weighted by Crippen LogP contribution is 2.28. The van der Waals surface area contributed by atoms with Gasteiger partial charge in [0, 0.05) is 12.6 Å². The molecule has 1 aromatic heterocycles. The Hall–Kier alpha value is -2.17. The maximum Gasteiger partial charge on any atom is 0.227 e. The molecule has 21 heavy (non-hydrogen) atoms. The molecule has 2 aromatic rings. The topological polar surface area (TPSA) is 47.0 Å². The van der Waals surface area contributed by atoms with Gasteiger partial charge < -0.3 is 10.1 Å². The number of nitrogens with one attached hydrogen (secondary N) is 1. The molecule has 0 aliphatic rings. The molecule has 0 bridgehead atoms. The number of nitrogens with zero attached hydrogens (tertiary/aromatic N) is 2. The smallest absolute Gasteiger partial charge is 0.227 e. The van der Waals surface area contributed by atoms with Gasteiger partial charge in [-0.1, -0.05) is 13.0 Å². The highest BCUT2D eigenvalue weighted by atomic mass is 19.1. The average Bonchev–Trinajstić information content (AvgIpc) is 2.45. The summed E-state index contributed by atoms with van der Waals surface area (Å²) in [6.07, 6.45) is 1.00. The van der Waals surface area contributed by atoms with Gasteiger partial charge in [-0.2, -0.15) is 4.98 Å². The first-order chi connectivity index (χ1) is 10.0. The molecule has 0 amide bonds. The summed E-state index contributed by atoms with van der Waals surface area (Å²) in [5, 5.41) is 3.24. The zero-order valence-electron chi connectivity index (χ0n) is 12.8. The molecule has 1 heterocycles. The molecule has 0 saturated heterocycles. The molecule has 2 rings (SSSR count). The minimum absolute atomic E-state index is 0.291. The average molecular weight is 289 g/mol. The van der Waals surface area contributed by atoms with Gasteiger partial charge >= 0.3 is 0 Å². The summed E-state index contributed by atoms with van der Waals surface area (Å²) in [5.41, 5.74) is 1.40. The van der Waals surface area contributed by atoms with E-state index in [0.29, 0.717) is 23.0 Å². The number of hydrogen-bond donors (Lipinski definition) is 1. The number of hydrogen-bond acceptors (Lipinski definition) is 4. The zero-order valence-corrected chi connectivity index (χ0v) is 12.8. The van der Waals surface area contributed by atoms with Crippen molar-refractivity contribution in [2.75, 3.05) is 11.9 Å². The third kappa shape index (κ3) is 3.68. The van der Waals surface area contributed by atoms with Gasteiger partial charge in [0.2, 0.25) is 5.88 Å². The molecule has 5 heteroatoms. The molecule has 0 fully saturated rings. The van der Waals surface area contributed by atoms with Crippen LogP contribution in [-0.2, 0) is 0 Å². The fourth-order valence-electron chi connectivity index (χ4n) is 1.87. The Kier molecular flexibility index (Phi) is 4.73. The molecule has 1 aromatic carbocycles. The Labute approximate surface area is 124 Å². The molecule has 0 radical (unpaired) electrons. The van der Waals surface area contributed by atoms with Gasteiger partial charge in [-0.05, 0) is 38.8 Å². The van der Waals surface area contributed by atoms with Crippen LogP contribution in [0.1, 0.15) is 30.3 Å². The van der Waals surface area contributed by atoms with Gasteiger partial charge in [-0.3, -0.25) is 0 Å². The Morgan fingerprint density at radius 1 is 1.19 bits per heavy atom. The molecule has 0 aliphatic heterocycles. The van der Waals surface area contributed by atoms with E-state index in [0.717, 1.165) is 24.3 Å². The fourth-order valence-corrected chi connectivity index (χ4v) is 1.87. The molecule has 112 valence electrons. The molecule has 1 N–H and O–H groups in total. The quantitative estimate of drug-likeness (QED) is 0.898. The maximum atomic E-state index is 13.6. The van der Waals surface area contributed by atoms with Crippen molar-refractivity contribution >= 4 is 5.82 Å². The van der Waals surface area contributed by atoms with E-state index >= 15 is 0 Å². The highest BCUT2D eigenvalue weighted by Gasteiger charge is 2.11. The van der Waals surface area contributed by atoms with E-state index in [1.807, 2.05) is 6.92 Å². The number of aromatic nitrogens is 2. The summed E-state index contributed by atoms with van der Waals surface area (Å²) in [7, 11) is 0. The van der Waals surface area contributed by atoms with Crippen molar-refractivity contribution in [3.8, 4) is 11.6 Å². The lowest BCUT2D eigenvalue weighted by molar-refractivity contribution is 0.451. The van der Waals surface area contributed by atoms with Gasteiger partial charge in [0.1, 0.15) is 23.2 Å². The van der Waals surface area contributed by atoms with Crippen molar-refractivity contribution in [1.82, 2.24) is 9.97 Å². The third-order valence-corrected chi connectivity index (χ3v) is 3.11. The first kappa shape index (κ1) is 15.2. The summed E-state index contributed by atoms with van der Waals surface area (Å²) in [5.74, 6) is 1.96. The molecular weight excluding hydrogens is 269 g/mol. The standard InChI is InChI=1S/C16H20FN3O/c1-5-8-18-15-11(3)16(20-12(4)19-15)21-13-7-6-10(2)14(17)9-13/h6-7,9H,5,8H2,1-4H3,(H,18,19,20). The van der Waals surface area contributed by atoms with E-state index < -0.39 is 0 Å². The van der Waals surface area contributed by atoms with E-state index in [-0.39, 0.29) is 5.82 Å². The predicted molar refractivity (Wildman–Crippen MR) is 81.5 cm³/mol. The van der Waals surface area contributed by atoms with Crippen molar-refractivity contribution in [3.05, 3.63) is 41.0 Å². The van der Waals surface area contributed by atoms with Crippen molar-refractivity contribution in [1.29, 1.82) is 0 Å². The molecule has 0 atom stereocenters. The predicted octanol–water partition coefficient (Wildman–Crippen LogP) is 4.16. The molecule has 0 aliphatic carbocycles. The largest absolute Gasteiger partial charge is 0.438 e. The minimum atomic E-state index is -0.291. The van der Waals surface area contributed by atoms with Gasteiger partial charge in [0.05, 0.1) is 5.56 Å². The molecule has 0 spiro atoms. The first-order valence-corrected chi connectivity index (χ1v) is 7.04. The Morgan fingerprint density at radius 3 is 2.62 bits per heavy atom. The second-order valence-corrected chi connectivity index (χ2v) is 4.99. The van der Waals surface area contributed by atoms with Gasteiger partial charge in [-0.15, -0.1) is 0 Å². The molecule has 4 nitrogen and oxygen atoms in total. The van der Waals surface area contributed by atoms with Crippen LogP contribution < -0.4 is 10.1 Å². The van der Waals surface area contributed by atoms with Crippen LogP contribution in [0.15, 0.2) is 18.2 Å². The number of benzene rings is 1. The summed E-state index contributed by atoms with van der Waals surface area (Å²) in [6.45, 7) is 8.32. The van der Waals surface area contributed by atoms with Crippen molar-refractivity contribution in [2.24, 2.45) is 0 Å². The highest BCUT2D eigenvalue weighted by molar-refractivity contribution is 5.49. The summed E-state index contributed by atoms with van der Waals surface area (Å²) < 4.78 is 19.3. The molecular formula is C16H20FN3O. The van der Waals surface area contributed by atoms with Crippen LogP contribution in [0.2, 0.25) is 0 Å². The second kappa shape index (κ2) is 6.52. The van der Waals surface area contributed by atoms with Crippen molar-refractivity contribution in [3.63, 3.8) is 0 Å². The summed E-state index contributed by atoms with van der Waals surface area (Å²) in [6, 6.07) is 4.78. The van der Waals surface area contributed by atoms with Crippen LogP contribution >= 0.6 is 0 Å². The van der Waals surface area contributed by atoms with Crippen molar-refractivity contribution < 1.29 is 9.13 Å². The monoisotopic (exact) mass is 289 g/mol. The van der Waals surface area contributed by atoms with E-state index in [1.54, 1.807) is 26.0 Å². The lowest BCUT2D eigenvalue weighted by Gasteiger charge is -2.13. The minimum Gasteiger partial charge on any atom is -0.438 e. The van der Waals surface area contributed by atoms with E-state index in [2.05, 4.69) is 22.2 Å². The van der Waals surface area contributed by atoms with Crippen LogP contribution in [0.25, 0.3) is 0 Å². The molecule has 0 unspecified atom stereocenters. The van der Waals surface area contributed by atoms with Crippen LogP contribution in [0.3, 0.4) is 0 Å². The Morgan fingerprint density at radius 2 is 1.95 bits per heavy atom. The number of rotatable bonds is 5. The van der Waals surface area contributed by atoms with Gasteiger partial charge in [0.15, 0.2) is 0 Å². The van der Waals surface area contributed by atoms with Crippen LogP contribution in [-0.4, -0.2) is 16.5 Å². The zero-order chi connectivity index (χ0) is 15.4. The third-order valence-electron chi connectivity index (χ3n) is 3.11. The number of anilines is 1. The molecule has 0 saturated carbocycles. The Balaban J connectivity index is 2.30. The SMILES string of the molecule is CCCNc1nc(C)nc(Oc2ccc(C)c(F)c2)c1C. The van der Waals surface area contributed by atoms with Gasteiger partial charge in [-0.25, -0.2) is 9.37 Å². The summed E-state index contributed by atoms with van der Waals surface area (Å²) in [4.78, 5) is 8.66. The van der Waals surface area contributed by atoms with E-state index in [1.165, 1.54) is 6.07 Å². The van der Waals surface area contributed by atoms with E-state index in [9.17, 15) is 4.39 Å². The fraction of sp³-hybridized carbons (Fsp3) is 0.375.